The second kappa shape index (κ2) is 5.62. The van der Waals surface area contributed by atoms with E-state index < -0.39 is 0 Å². The number of hydrogen-bond donors (Lipinski definition) is 1. The Bertz CT molecular complexity index is 575. The highest BCUT2D eigenvalue weighted by Gasteiger charge is 2.34. The third kappa shape index (κ3) is 2.61. The maximum Gasteiger partial charge on any atom is 0.0991 e. The maximum absolute atomic E-state index is 4.10. The number of benzene rings is 1. The first kappa shape index (κ1) is 13.0. The highest BCUT2D eigenvalue weighted by atomic mass is 15.2. The second-order valence-electron chi connectivity index (χ2n) is 6.23. The van der Waals surface area contributed by atoms with E-state index in [0.717, 1.165) is 25.0 Å². The van der Waals surface area contributed by atoms with Crippen molar-refractivity contribution in [3.63, 3.8) is 0 Å². The molecule has 4 rings (SSSR count). The minimum absolute atomic E-state index is 0.743. The van der Waals surface area contributed by atoms with Crippen LogP contribution in [0.3, 0.4) is 0 Å². The van der Waals surface area contributed by atoms with Crippen LogP contribution in [-0.2, 0) is 6.54 Å². The molecule has 2 aliphatic heterocycles. The summed E-state index contributed by atoms with van der Waals surface area (Å²) in [7, 11) is 0. The van der Waals surface area contributed by atoms with Crippen molar-refractivity contribution in [3.05, 3.63) is 48.5 Å². The van der Waals surface area contributed by atoms with Gasteiger partial charge in [0.2, 0.25) is 0 Å². The van der Waals surface area contributed by atoms with E-state index in [4.69, 9.17) is 0 Å². The predicted octanol–water partition coefficient (Wildman–Crippen LogP) is 2.06. The Balaban J connectivity index is 1.47. The monoisotopic (exact) mass is 282 g/mol. The molecule has 0 spiro atoms. The smallest absolute Gasteiger partial charge is 0.0991 e. The van der Waals surface area contributed by atoms with Gasteiger partial charge in [-0.1, -0.05) is 12.1 Å². The van der Waals surface area contributed by atoms with Gasteiger partial charge in [0.05, 0.1) is 6.33 Å². The lowest BCUT2D eigenvalue weighted by molar-refractivity contribution is 0.117. The van der Waals surface area contributed by atoms with Crippen molar-refractivity contribution in [2.75, 3.05) is 19.6 Å². The maximum atomic E-state index is 4.10. The zero-order valence-electron chi connectivity index (χ0n) is 12.3. The highest BCUT2D eigenvalue weighted by Crippen LogP contribution is 2.27. The number of likely N-dealkylation sites (tertiary alicyclic amines) is 1. The van der Waals surface area contributed by atoms with E-state index in [2.05, 4.69) is 39.5 Å². The Morgan fingerprint density at radius 1 is 1.19 bits per heavy atom. The Morgan fingerprint density at radius 2 is 2.10 bits per heavy atom. The average molecular weight is 282 g/mol. The first-order chi connectivity index (χ1) is 10.4. The van der Waals surface area contributed by atoms with Crippen molar-refractivity contribution in [3.8, 4) is 5.69 Å². The standard InChI is InChI=1S/C17H22N4/c1-2-15-10-19-11-17(15)20(8-1)12-14-3-5-16(6-4-14)21-9-7-18-13-21/h3-7,9,13,15,17,19H,1-2,8,10-12H2. The van der Waals surface area contributed by atoms with E-state index in [-0.39, 0.29) is 0 Å². The van der Waals surface area contributed by atoms with Gasteiger partial charge >= 0.3 is 0 Å². The van der Waals surface area contributed by atoms with Gasteiger partial charge in [-0.15, -0.1) is 0 Å². The molecule has 2 atom stereocenters. The van der Waals surface area contributed by atoms with Gasteiger partial charge in [0, 0.05) is 37.2 Å². The lowest BCUT2D eigenvalue weighted by Crippen LogP contribution is -2.44. The van der Waals surface area contributed by atoms with Crippen molar-refractivity contribution in [2.45, 2.75) is 25.4 Å². The fourth-order valence-corrected chi connectivity index (χ4v) is 3.78. The van der Waals surface area contributed by atoms with Crippen molar-refractivity contribution >= 4 is 0 Å². The summed E-state index contributed by atoms with van der Waals surface area (Å²) in [5, 5.41) is 3.56. The van der Waals surface area contributed by atoms with Crippen LogP contribution in [0.25, 0.3) is 5.69 Å². The molecule has 0 bridgehead atoms. The van der Waals surface area contributed by atoms with Crippen LogP contribution >= 0.6 is 0 Å². The van der Waals surface area contributed by atoms with Gasteiger partial charge in [0.1, 0.15) is 0 Å². The van der Waals surface area contributed by atoms with Crippen molar-refractivity contribution in [2.24, 2.45) is 5.92 Å². The summed E-state index contributed by atoms with van der Waals surface area (Å²) < 4.78 is 2.04. The highest BCUT2D eigenvalue weighted by molar-refractivity contribution is 5.34. The van der Waals surface area contributed by atoms with Gasteiger partial charge in [0.15, 0.2) is 0 Å². The van der Waals surface area contributed by atoms with Crippen LogP contribution in [0.4, 0.5) is 0 Å². The topological polar surface area (TPSA) is 33.1 Å². The van der Waals surface area contributed by atoms with E-state index in [1.807, 2.05) is 23.3 Å². The molecule has 1 aromatic heterocycles. The van der Waals surface area contributed by atoms with Crippen molar-refractivity contribution in [1.82, 2.24) is 19.8 Å². The van der Waals surface area contributed by atoms with Crippen molar-refractivity contribution < 1.29 is 0 Å². The molecule has 2 saturated heterocycles. The molecule has 0 saturated carbocycles. The van der Waals surface area contributed by atoms with Crippen LogP contribution in [-0.4, -0.2) is 40.1 Å². The summed E-state index contributed by atoms with van der Waals surface area (Å²) in [4.78, 5) is 6.77. The predicted molar refractivity (Wildman–Crippen MR) is 83.4 cm³/mol. The normalized spacial score (nSPS) is 25.9. The van der Waals surface area contributed by atoms with Gasteiger partial charge in [0.25, 0.3) is 0 Å². The molecule has 0 amide bonds. The summed E-state index contributed by atoms with van der Waals surface area (Å²) in [5.74, 6) is 0.865. The number of imidazole rings is 1. The Labute approximate surface area is 125 Å². The summed E-state index contributed by atoms with van der Waals surface area (Å²) >= 11 is 0. The lowest BCUT2D eigenvalue weighted by Gasteiger charge is -2.37. The second-order valence-corrected chi connectivity index (χ2v) is 6.23. The molecule has 1 aromatic carbocycles. The van der Waals surface area contributed by atoms with Gasteiger partial charge in [-0.05, 0) is 49.5 Å². The van der Waals surface area contributed by atoms with Crippen LogP contribution in [0.5, 0.6) is 0 Å². The first-order valence-corrected chi connectivity index (χ1v) is 7.92. The Kier molecular flexibility index (Phi) is 3.49. The van der Waals surface area contributed by atoms with Crippen LogP contribution in [0.15, 0.2) is 43.0 Å². The zero-order chi connectivity index (χ0) is 14.1. The Hall–Kier alpha value is -1.65. The van der Waals surface area contributed by atoms with Crippen molar-refractivity contribution in [1.29, 1.82) is 0 Å². The zero-order valence-corrected chi connectivity index (χ0v) is 12.3. The molecule has 0 aliphatic carbocycles. The number of fused-ring (bicyclic) bond motifs is 1. The number of rotatable bonds is 3. The number of aromatic nitrogens is 2. The van der Waals surface area contributed by atoms with Gasteiger partial charge in [-0.3, -0.25) is 4.90 Å². The molecular weight excluding hydrogens is 260 g/mol. The van der Waals surface area contributed by atoms with Crippen LogP contribution < -0.4 is 5.32 Å². The molecule has 3 heterocycles. The number of nitrogens with one attached hydrogen (secondary N) is 1. The molecule has 2 fully saturated rings. The molecule has 2 aromatic rings. The van der Waals surface area contributed by atoms with Gasteiger partial charge in [-0.25, -0.2) is 4.98 Å². The van der Waals surface area contributed by atoms with Gasteiger partial charge < -0.3 is 9.88 Å². The first-order valence-electron chi connectivity index (χ1n) is 7.92. The molecular formula is C17H22N4. The molecule has 4 nitrogen and oxygen atoms in total. The third-order valence-corrected chi connectivity index (χ3v) is 4.92. The molecule has 2 unspecified atom stereocenters. The van der Waals surface area contributed by atoms with E-state index in [1.54, 1.807) is 0 Å². The van der Waals surface area contributed by atoms with E-state index >= 15 is 0 Å². The van der Waals surface area contributed by atoms with Crippen LogP contribution in [0.2, 0.25) is 0 Å². The third-order valence-electron chi connectivity index (χ3n) is 4.92. The SMILES string of the molecule is c1cn(-c2ccc(CN3CCCC4CNCC43)cc2)cn1. The Morgan fingerprint density at radius 3 is 2.90 bits per heavy atom. The summed E-state index contributed by atoms with van der Waals surface area (Å²) in [6, 6.07) is 9.62. The molecule has 0 radical (unpaired) electrons. The minimum Gasteiger partial charge on any atom is -0.315 e. The van der Waals surface area contributed by atoms with E-state index in [9.17, 15) is 0 Å². The fraction of sp³-hybridized carbons (Fsp3) is 0.471. The van der Waals surface area contributed by atoms with E-state index in [1.165, 1.54) is 37.2 Å². The fourth-order valence-electron chi connectivity index (χ4n) is 3.78. The quantitative estimate of drug-likeness (QED) is 0.935. The van der Waals surface area contributed by atoms with Crippen LogP contribution in [0, 0.1) is 5.92 Å². The summed E-state index contributed by atoms with van der Waals surface area (Å²) in [5.41, 5.74) is 2.58. The van der Waals surface area contributed by atoms with Gasteiger partial charge in [-0.2, -0.15) is 0 Å². The lowest BCUT2D eigenvalue weighted by atomic mass is 9.91. The molecule has 110 valence electrons. The summed E-state index contributed by atoms with van der Waals surface area (Å²) in [6.07, 6.45) is 8.38. The number of piperidine rings is 1. The minimum atomic E-state index is 0.743. The number of nitrogens with zero attached hydrogens (tertiary/aromatic N) is 3. The molecule has 2 aliphatic rings. The molecule has 1 N–H and O–H groups in total. The number of hydrogen-bond acceptors (Lipinski definition) is 3. The summed E-state index contributed by atoms with van der Waals surface area (Å²) in [6.45, 7) is 4.69. The van der Waals surface area contributed by atoms with Crippen LogP contribution in [0.1, 0.15) is 18.4 Å². The largest absolute Gasteiger partial charge is 0.315 e. The molecule has 4 heteroatoms. The average Bonchev–Trinajstić information content (AvgIpc) is 3.20. The van der Waals surface area contributed by atoms with E-state index in [0.29, 0.717) is 0 Å². The molecule has 21 heavy (non-hydrogen) atoms.